The molecule has 0 aliphatic carbocycles. The van der Waals surface area contributed by atoms with Gasteiger partial charge in [0.1, 0.15) is 0 Å². The van der Waals surface area contributed by atoms with Crippen molar-refractivity contribution in [3.05, 3.63) is 12.2 Å². The molecule has 0 atom stereocenters. The number of carbonyl (C=O) groups excluding carboxylic acids is 1. The van der Waals surface area contributed by atoms with Crippen LogP contribution in [-0.4, -0.2) is 18.5 Å². The van der Waals surface area contributed by atoms with E-state index in [0.717, 1.165) is 0 Å². The summed E-state index contributed by atoms with van der Waals surface area (Å²) in [6.07, 6.45) is 2.79. The highest BCUT2D eigenvalue weighted by Gasteiger charge is 1.80. The Hall–Kier alpha value is -0.480. The minimum Gasteiger partial charge on any atom is -0.367 e. The number of carbonyl (C=O) groups is 1. The van der Waals surface area contributed by atoms with Crippen LogP contribution in [0.4, 0.5) is 0 Å². The van der Waals surface area contributed by atoms with E-state index in [1.807, 2.05) is 0 Å². The molecule has 4 heteroatoms. The molecule has 1 amide bonds. The average molecular weight is 147 g/mol. The lowest BCUT2D eigenvalue weighted by Gasteiger charge is -1.89. The normalized spacial score (nSPS) is 10.3. The van der Waals surface area contributed by atoms with E-state index in [-0.39, 0.29) is 0 Å². The SMILES string of the molecule is NC(=O)C=CCOCS. The van der Waals surface area contributed by atoms with Gasteiger partial charge in [-0.25, -0.2) is 0 Å². The van der Waals surface area contributed by atoms with Crippen molar-refractivity contribution in [3.8, 4) is 0 Å². The molecule has 0 spiro atoms. The van der Waals surface area contributed by atoms with Crippen molar-refractivity contribution in [2.24, 2.45) is 5.73 Å². The maximum Gasteiger partial charge on any atom is 0.241 e. The first kappa shape index (κ1) is 8.52. The van der Waals surface area contributed by atoms with Crippen molar-refractivity contribution >= 4 is 18.5 Å². The van der Waals surface area contributed by atoms with Gasteiger partial charge in [-0.2, -0.15) is 12.6 Å². The summed E-state index contributed by atoms with van der Waals surface area (Å²) in [5.74, 6) is -0.110. The molecule has 0 aromatic carbocycles. The van der Waals surface area contributed by atoms with Gasteiger partial charge in [0, 0.05) is 6.08 Å². The summed E-state index contributed by atoms with van der Waals surface area (Å²) in [4.78, 5) is 10.0. The van der Waals surface area contributed by atoms with Crippen molar-refractivity contribution in [3.63, 3.8) is 0 Å². The standard InChI is InChI=1S/C5H9NO2S/c6-5(7)2-1-3-8-4-9/h1-2,9H,3-4H2,(H2,6,7). The molecular formula is C5H9NO2S. The first-order chi connectivity index (χ1) is 4.27. The Morgan fingerprint density at radius 1 is 1.78 bits per heavy atom. The molecule has 0 aliphatic rings. The van der Waals surface area contributed by atoms with Crippen LogP contribution in [0.15, 0.2) is 12.2 Å². The first-order valence-corrected chi connectivity index (χ1v) is 3.05. The van der Waals surface area contributed by atoms with Crippen LogP contribution in [0.3, 0.4) is 0 Å². The Morgan fingerprint density at radius 3 is 2.89 bits per heavy atom. The highest BCUT2D eigenvalue weighted by Crippen LogP contribution is 1.78. The zero-order chi connectivity index (χ0) is 7.11. The minimum absolute atomic E-state index is 0.350. The predicted octanol–water partition coefficient (Wildman–Crippen LogP) is -0.0682. The maximum atomic E-state index is 10.0. The second-order valence-corrected chi connectivity index (χ2v) is 1.56. The molecule has 0 saturated heterocycles. The Kier molecular flexibility index (Phi) is 5.35. The Bertz CT molecular complexity index is 114. The fraction of sp³-hybridized carbons (Fsp3) is 0.400. The fourth-order valence-corrected chi connectivity index (χ4v) is 0.390. The number of thiol groups is 1. The van der Waals surface area contributed by atoms with Crippen LogP contribution in [0.25, 0.3) is 0 Å². The van der Waals surface area contributed by atoms with Gasteiger partial charge in [-0.15, -0.1) is 0 Å². The number of primary amides is 1. The molecule has 0 radical (unpaired) electrons. The molecule has 0 aromatic heterocycles. The number of hydrogen-bond acceptors (Lipinski definition) is 3. The number of amides is 1. The van der Waals surface area contributed by atoms with Crippen molar-refractivity contribution in [1.29, 1.82) is 0 Å². The van der Waals surface area contributed by atoms with E-state index >= 15 is 0 Å². The second kappa shape index (κ2) is 5.65. The van der Waals surface area contributed by atoms with Gasteiger partial charge in [0.2, 0.25) is 5.91 Å². The van der Waals surface area contributed by atoms with Crippen LogP contribution in [0.5, 0.6) is 0 Å². The molecule has 0 aliphatic heterocycles. The summed E-state index contributed by atoms with van der Waals surface area (Å²) in [6.45, 7) is 0.381. The summed E-state index contributed by atoms with van der Waals surface area (Å²) in [7, 11) is 0. The molecular weight excluding hydrogens is 138 g/mol. The van der Waals surface area contributed by atoms with E-state index in [9.17, 15) is 4.79 Å². The van der Waals surface area contributed by atoms with Crippen molar-refractivity contribution in [1.82, 2.24) is 0 Å². The number of ether oxygens (including phenoxy) is 1. The third-order valence-corrected chi connectivity index (χ3v) is 0.770. The molecule has 0 fully saturated rings. The van der Waals surface area contributed by atoms with Gasteiger partial charge in [0.05, 0.1) is 12.5 Å². The van der Waals surface area contributed by atoms with Crippen molar-refractivity contribution < 1.29 is 9.53 Å². The minimum atomic E-state index is -0.460. The van der Waals surface area contributed by atoms with E-state index in [0.29, 0.717) is 12.5 Å². The van der Waals surface area contributed by atoms with Crippen molar-refractivity contribution in [2.75, 3.05) is 12.5 Å². The highest BCUT2D eigenvalue weighted by molar-refractivity contribution is 7.80. The van der Waals surface area contributed by atoms with E-state index in [1.54, 1.807) is 6.08 Å². The van der Waals surface area contributed by atoms with Gasteiger partial charge in [-0.05, 0) is 0 Å². The molecule has 0 saturated carbocycles. The zero-order valence-electron chi connectivity index (χ0n) is 4.91. The van der Waals surface area contributed by atoms with Crippen molar-refractivity contribution in [2.45, 2.75) is 0 Å². The molecule has 3 nitrogen and oxygen atoms in total. The summed E-state index contributed by atoms with van der Waals surface area (Å²) < 4.78 is 4.75. The second-order valence-electron chi connectivity index (χ2n) is 1.30. The first-order valence-electron chi connectivity index (χ1n) is 2.42. The topological polar surface area (TPSA) is 52.3 Å². The highest BCUT2D eigenvalue weighted by atomic mass is 32.1. The number of nitrogens with two attached hydrogens (primary N) is 1. The summed E-state index contributed by atoms with van der Waals surface area (Å²) in [5, 5.41) is 0. The van der Waals surface area contributed by atoms with E-state index in [1.165, 1.54) is 6.08 Å². The van der Waals surface area contributed by atoms with E-state index in [2.05, 4.69) is 12.6 Å². The number of hydrogen-bond donors (Lipinski definition) is 2. The van der Waals surface area contributed by atoms with Crippen LogP contribution < -0.4 is 5.73 Å². The van der Waals surface area contributed by atoms with Gasteiger partial charge < -0.3 is 10.5 Å². The lowest BCUT2D eigenvalue weighted by molar-refractivity contribution is -0.113. The monoisotopic (exact) mass is 147 g/mol. The largest absolute Gasteiger partial charge is 0.367 e. The molecule has 0 unspecified atom stereocenters. The summed E-state index contributed by atoms with van der Waals surface area (Å²) in [5.41, 5.74) is 4.77. The molecule has 0 heterocycles. The summed E-state index contributed by atoms with van der Waals surface area (Å²) in [6, 6.07) is 0. The Labute approximate surface area is 59.3 Å². The van der Waals surface area contributed by atoms with E-state index in [4.69, 9.17) is 10.5 Å². The van der Waals surface area contributed by atoms with E-state index < -0.39 is 5.91 Å². The molecule has 0 aromatic rings. The smallest absolute Gasteiger partial charge is 0.241 e. The van der Waals surface area contributed by atoms with Gasteiger partial charge in [-0.3, -0.25) is 4.79 Å². The van der Waals surface area contributed by atoms with Crippen LogP contribution in [0.1, 0.15) is 0 Å². The fourth-order valence-electron chi connectivity index (χ4n) is 0.285. The third kappa shape index (κ3) is 7.52. The lowest BCUT2D eigenvalue weighted by atomic mass is 10.5. The molecule has 52 valence electrons. The quantitative estimate of drug-likeness (QED) is 0.253. The average Bonchev–Trinajstić information content (AvgIpc) is 1.80. The van der Waals surface area contributed by atoms with Crippen LogP contribution in [-0.2, 0) is 9.53 Å². The summed E-state index contributed by atoms with van der Waals surface area (Å²) >= 11 is 3.77. The Balaban J connectivity index is 3.15. The molecule has 0 rings (SSSR count). The Morgan fingerprint density at radius 2 is 2.44 bits per heavy atom. The van der Waals surface area contributed by atoms with Crippen LogP contribution in [0.2, 0.25) is 0 Å². The van der Waals surface area contributed by atoms with Crippen LogP contribution >= 0.6 is 12.6 Å². The maximum absolute atomic E-state index is 10.0. The van der Waals surface area contributed by atoms with Gasteiger partial charge >= 0.3 is 0 Å². The third-order valence-electron chi connectivity index (χ3n) is 0.587. The van der Waals surface area contributed by atoms with Crippen LogP contribution in [0, 0.1) is 0 Å². The molecule has 2 N–H and O–H groups in total. The van der Waals surface area contributed by atoms with Gasteiger partial charge in [0.15, 0.2) is 0 Å². The van der Waals surface area contributed by atoms with Gasteiger partial charge in [-0.1, -0.05) is 6.08 Å². The lowest BCUT2D eigenvalue weighted by Crippen LogP contribution is -2.05. The zero-order valence-corrected chi connectivity index (χ0v) is 5.80. The van der Waals surface area contributed by atoms with Gasteiger partial charge in [0.25, 0.3) is 0 Å². The number of rotatable bonds is 4. The predicted molar refractivity (Wildman–Crippen MR) is 38.1 cm³/mol. The molecule has 9 heavy (non-hydrogen) atoms. The molecule has 0 bridgehead atoms.